The van der Waals surface area contributed by atoms with Crippen molar-refractivity contribution in [2.24, 2.45) is 17.8 Å². The highest BCUT2D eigenvalue weighted by Crippen LogP contribution is 2.39. The molecule has 2 N–H and O–H groups in total. The Morgan fingerprint density at radius 1 is 0.974 bits per heavy atom. The van der Waals surface area contributed by atoms with Gasteiger partial charge in [0.05, 0.1) is 0 Å². The van der Waals surface area contributed by atoms with E-state index in [-0.39, 0.29) is 5.91 Å². The number of aldehydes is 1. The molecule has 1 saturated carbocycles. The first-order chi connectivity index (χ1) is 18.1. The maximum Gasteiger partial charge on any atom is 0.216 e. The Hall–Kier alpha value is -0.280. The van der Waals surface area contributed by atoms with Crippen molar-refractivity contribution in [3.63, 3.8) is 0 Å². The second-order valence-corrected chi connectivity index (χ2v) is 14.4. The van der Waals surface area contributed by atoms with E-state index >= 15 is 0 Å². The zero-order valence-electron chi connectivity index (χ0n) is 26.1. The Bertz CT molecular complexity index is 578. The van der Waals surface area contributed by atoms with Crippen LogP contribution in [0.5, 0.6) is 0 Å². The molecule has 0 aromatic heterocycles. The Kier molecular flexibility index (Phi) is 24.3. The number of rotatable bonds is 20. The van der Waals surface area contributed by atoms with Gasteiger partial charge in [0, 0.05) is 54.5 Å². The van der Waals surface area contributed by atoms with Gasteiger partial charge >= 0.3 is 0 Å². The molecule has 1 fully saturated rings. The lowest BCUT2D eigenvalue weighted by Crippen LogP contribution is -2.30. The smallest absolute Gasteiger partial charge is 0.216 e. The van der Waals surface area contributed by atoms with Crippen LogP contribution in [0.1, 0.15) is 78.6 Å². The highest BCUT2D eigenvalue weighted by atomic mass is 32.2. The van der Waals surface area contributed by atoms with Gasteiger partial charge in [-0.05, 0) is 98.6 Å². The molecule has 6 nitrogen and oxygen atoms in total. The highest BCUT2D eigenvalue weighted by molar-refractivity contribution is 8.00. The third-order valence-electron chi connectivity index (χ3n) is 7.20. The first kappa shape index (κ1) is 37.7. The average molecular weight is 575 g/mol. The first-order valence-electron chi connectivity index (χ1n) is 15.0. The third kappa shape index (κ3) is 21.5. The number of nitrogens with one attached hydrogen (secondary N) is 2. The standard InChI is InChI=1S/C21H42N2OS2.C9H20N2O/c1-17(2)20(25-13-11-22(3)4)10-9-19-8-7-18(16-24)15-21(19)26-14-12-23(5)6;1-9(12)11-8-6-4-3-5-7-10-2/h16-21H,7-15H2,1-6H3;10H,3-8H2,1-2H3,(H,11,12). The van der Waals surface area contributed by atoms with Crippen LogP contribution in [0.3, 0.4) is 0 Å². The van der Waals surface area contributed by atoms with Gasteiger partial charge in [0.15, 0.2) is 0 Å². The summed E-state index contributed by atoms with van der Waals surface area (Å²) in [7, 11) is 10.6. The van der Waals surface area contributed by atoms with E-state index in [0.29, 0.717) is 11.2 Å². The summed E-state index contributed by atoms with van der Waals surface area (Å²) in [6.45, 7) is 10.5. The van der Waals surface area contributed by atoms with Crippen molar-refractivity contribution in [1.82, 2.24) is 20.4 Å². The molecule has 0 aromatic rings. The molecule has 0 bridgehead atoms. The van der Waals surface area contributed by atoms with Crippen LogP contribution in [-0.4, -0.2) is 105 Å². The average Bonchev–Trinajstić information content (AvgIpc) is 2.85. The minimum Gasteiger partial charge on any atom is -0.356 e. The lowest BCUT2D eigenvalue weighted by molar-refractivity contribution is -0.119. The minimum absolute atomic E-state index is 0.0743. The third-order valence-corrected chi connectivity index (χ3v) is 10.2. The molecule has 1 aliphatic carbocycles. The molecule has 226 valence electrons. The van der Waals surface area contributed by atoms with Crippen LogP contribution in [0.25, 0.3) is 0 Å². The molecule has 1 amide bonds. The van der Waals surface area contributed by atoms with Crippen molar-refractivity contribution in [3.05, 3.63) is 0 Å². The van der Waals surface area contributed by atoms with Crippen LogP contribution in [0.15, 0.2) is 0 Å². The van der Waals surface area contributed by atoms with E-state index in [1.54, 1.807) is 6.92 Å². The summed E-state index contributed by atoms with van der Waals surface area (Å²) in [4.78, 5) is 26.3. The quantitative estimate of drug-likeness (QED) is 0.152. The lowest BCUT2D eigenvalue weighted by Gasteiger charge is -2.35. The molecular formula is C30H62N4O2S2. The van der Waals surface area contributed by atoms with Gasteiger partial charge in [-0.15, -0.1) is 0 Å². The largest absolute Gasteiger partial charge is 0.356 e. The van der Waals surface area contributed by atoms with Gasteiger partial charge in [0.1, 0.15) is 6.29 Å². The maximum absolute atomic E-state index is 11.3. The molecule has 0 aliphatic heterocycles. The summed E-state index contributed by atoms with van der Waals surface area (Å²) in [5.41, 5.74) is 0. The maximum atomic E-state index is 11.3. The molecule has 38 heavy (non-hydrogen) atoms. The van der Waals surface area contributed by atoms with Crippen molar-refractivity contribution in [1.29, 1.82) is 0 Å². The fraction of sp³-hybridized carbons (Fsp3) is 0.933. The molecule has 8 heteroatoms. The monoisotopic (exact) mass is 574 g/mol. The van der Waals surface area contributed by atoms with Crippen molar-refractivity contribution in [3.8, 4) is 0 Å². The summed E-state index contributed by atoms with van der Waals surface area (Å²) >= 11 is 4.28. The normalized spacial score (nSPS) is 20.3. The predicted octanol–water partition coefficient (Wildman–Crippen LogP) is 5.27. The molecule has 1 rings (SSSR count). The van der Waals surface area contributed by atoms with Crippen LogP contribution in [0.2, 0.25) is 0 Å². The Morgan fingerprint density at radius 3 is 2.16 bits per heavy atom. The fourth-order valence-corrected chi connectivity index (χ4v) is 7.85. The van der Waals surface area contributed by atoms with E-state index in [1.807, 2.05) is 7.05 Å². The summed E-state index contributed by atoms with van der Waals surface area (Å²) in [6, 6.07) is 0. The second-order valence-electron chi connectivity index (χ2n) is 11.7. The number of hydrogen-bond donors (Lipinski definition) is 2. The van der Waals surface area contributed by atoms with Gasteiger partial charge in [-0.25, -0.2) is 0 Å². The van der Waals surface area contributed by atoms with Crippen LogP contribution >= 0.6 is 23.5 Å². The molecule has 0 saturated heterocycles. The van der Waals surface area contributed by atoms with Gasteiger partial charge in [-0.3, -0.25) is 4.79 Å². The van der Waals surface area contributed by atoms with E-state index in [2.05, 4.69) is 86.0 Å². The molecule has 0 aromatic carbocycles. The number of thioether (sulfide) groups is 2. The van der Waals surface area contributed by atoms with E-state index in [1.165, 1.54) is 62.9 Å². The van der Waals surface area contributed by atoms with Gasteiger partial charge in [-0.1, -0.05) is 26.7 Å². The fourth-order valence-electron chi connectivity index (χ4n) is 4.69. The molecule has 0 spiro atoms. The minimum atomic E-state index is 0.0743. The second kappa shape index (κ2) is 24.5. The molecule has 4 atom stereocenters. The molecular weight excluding hydrogens is 512 g/mol. The van der Waals surface area contributed by atoms with E-state index in [4.69, 9.17) is 0 Å². The number of nitrogens with zero attached hydrogens (tertiary/aromatic N) is 2. The number of unbranched alkanes of at least 4 members (excludes halogenated alkanes) is 3. The van der Waals surface area contributed by atoms with Crippen molar-refractivity contribution >= 4 is 35.7 Å². The summed E-state index contributed by atoms with van der Waals surface area (Å²) in [6.07, 6.45) is 12.1. The van der Waals surface area contributed by atoms with Crippen molar-refractivity contribution < 1.29 is 9.59 Å². The highest BCUT2D eigenvalue weighted by Gasteiger charge is 2.31. The Labute approximate surface area is 245 Å². The van der Waals surface area contributed by atoms with Crippen molar-refractivity contribution in [2.45, 2.75) is 89.1 Å². The predicted molar refractivity (Wildman–Crippen MR) is 172 cm³/mol. The molecule has 1 aliphatic rings. The zero-order chi connectivity index (χ0) is 28.8. The summed E-state index contributed by atoms with van der Waals surface area (Å²) < 4.78 is 0. The van der Waals surface area contributed by atoms with E-state index < -0.39 is 0 Å². The first-order valence-corrected chi connectivity index (χ1v) is 17.1. The summed E-state index contributed by atoms with van der Waals surface area (Å²) in [5, 5.41) is 7.34. The number of carbonyl (C=O) groups excluding carboxylic acids is 2. The van der Waals surface area contributed by atoms with Gasteiger partial charge in [0.25, 0.3) is 0 Å². The SMILES string of the molecule is CC(C)C(CCC1CCC(C=O)CC1SCCN(C)C)SCCN(C)C.CNCCCCCCNC(C)=O. The van der Waals surface area contributed by atoms with E-state index in [9.17, 15) is 9.59 Å². The van der Waals surface area contributed by atoms with Gasteiger partial charge in [0.2, 0.25) is 5.91 Å². The molecule has 0 heterocycles. The van der Waals surface area contributed by atoms with Crippen molar-refractivity contribution in [2.75, 3.05) is 72.9 Å². The van der Waals surface area contributed by atoms with Gasteiger partial charge in [-0.2, -0.15) is 23.5 Å². The van der Waals surface area contributed by atoms with Crippen LogP contribution < -0.4 is 10.6 Å². The Balaban J connectivity index is 0.000000958. The zero-order valence-corrected chi connectivity index (χ0v) is 27.7. The van der Waals surface area contributed by atoms with Crippen LogP contribution in [0, 0.1) is 17.8 Å². The number of carbonyl (C=O) groups is 2. The summed E-state index contributed by atoms with van der Waals surface area (Å²) in [5.74, 6) is 4.34. The number of amides is 1. The topological polar surface area (TPSA) is 64.7 Å². The van der Waals surface area contributed by atoms with Crippen LogP contribution in [-0.2, 0) is 9.59 Å². The van der Waals surface area contributed by atoms with Crippen LogP contribution in [0.4, 0.5) is 0 Å². The number of hydrogen-bond acceptors (Lipinski definition) is 7. The lowest BCUT2D eigenvalue weighted by atomic mass is 9.79. The Morgan fingerprint density at radius 2 is 1.61 bits per heavy atom. The van der Waals surface area contributed by atoms with Gasteiger partial charge < -0.3 is 25.2 Å². The molecule has 4 unspecified atom stereocenters. The van der Waals surface area contributed by atoms with E-state index in [0.717, 1.165) is 56.0 Å². The molecule has 0 radical (unpaired) electrons.